The van der Waals surface area contributed by atoms with Gasteiger partial charge >= 0.3 is 5.97 Å². The van der Waals surface area contributed by atoms with Gasteiger partial charge in [-0.3, -0.25) is 4.79 Å². The molecule has 0 amide bonds. The smallest absolute Gasteiger partial charge is 0.302 e. The number of carbonyl (C=O) groups is 1. The van der Waals surface area contributed by atoms with Gasteiger partial charge < -0.3 is 28.4 Å². The standard InChI is InChI=1S/C26H47N3O7/c1-6-9-15-31-22-18(4)34-26(25(33-17-11-8-3)24(22)32-16-10-7-2)36-23-20(28-29-27)13-12-14-21(23)35-19(5)30/h18,20-26H,6-17H2,1-5H3. The summed E-state index contributed by atoms with van der Waals surface area (Å²) < 4.78 is 37.5. The number of ether oxygens (including phenoxy) is 6. The van der Waals surface area contributed by atoms with Crippen LogP contribution < -0.4 is 0 Å². The van der Waals surface area contributed by atoms with Crippen molar-refractivity contribution < 1.29 is 33.2 Å². The summed E-state index contributed by atoms with van der Waals surface area (Å²) in [7, 11) is 0. The largest absolute Gasteiger partial charge is 0.460 e. The average molecular weight is 514 g/mol. The minimum Gasteiger partial charge on any atom is -0.460 e. The van der Waals surface area contributed by atoms with Crippen molar-refractivity contribution in [1.29, 1.82) is 0 Å². The first-order valence-corrected chi connectivity index (χ1v) is 13.8. The Kier molecular flexibility index (Phi) is 14.7. The van der Waals surface area contributed by atoms with Crippen molar-refractivity contribution >= 4 is 5.97 Å². The van der Waals surface area contributed by atoms with Crippen LogP contribution in [0.15, 0.2) is 5.11 Å². The van der Waals surface area contributed by atoms with Gasteiger partial charge in [0.15, 0.2) is 6.29 Å². The fourth-order valence-electron chi connectivity index (χ4n) is 4.74. The molecule has 208 valence electrons. The second kappa shape index (κ2) is 17.2. The van der Waals surface area contributed by atoms with Crippen molar-refractivity contribution in [3.8, 4) is 0 Å². The fourth-order valence-corrected chi connectivity index (χ4v) is 4.74. The number of hydrogen-bond acceptors (Lipinski definition) is 8. The molecular formula is C26H47N3O7. The lowest BCUT2D eigenvalue weighted by Crippen LogP contribution is -2.62. The van der Waals surface area contributed by atoms with Gasteiger partial charge in [0.05, 0.1) is 12.1 Å². The van der Waals surface area contributed by atoms with Crippen LogP contribution in [-0.2, 0) is 33.2 Å². The predicted molar refractivity (Wildman–Crippen MR) is 135 cm³/mol. The number of nitrogens with zero attached hydrogens (tertiary/aromatic N) is 3. The SMILES string of the molecule is CCCCOC1C(C)OC(OC2C(N=[N+]=[N-])CCCC2OC(C)=O)C(OCCCC)C1OCCCC. The molecule has 0 spiro atoms. The molecule has 0 aromatic carbocycles. The summed E-state index contributed by atoms with van der Waals surface area (Å²) in [6, 6.07) is -0.471. The minimum absolute atomic E-state index is 0.302. The van der Waals surface area contributed by atoms with Crippen molar-refractivity contribution in [2.45, 2.75) is 141 Å². The molecular weight excluding hydrogens is 466 g/mol. The van der Waals surface area contributed by atoms with Gasteiger partial charge in [-0.1, -0.05) is 45.1 Å². The molecule has 36 heavy (non-hydrogen) atoms. The Morgan fingerprint density at radius 3 is 2.06 bits per heavy atom. The van der Waals surface area contributed by atoms with E-state index in [9.17, 15) is 4.79 Å². The fraction of sp³-hybridized carbons (Fsp3) is 0.962. The zero-order valence-electron chi connectivity index (χ0n) is 22.8. The number of rotatable bonds is 16. The predicted octanol–water partition coefficient (Wildman–Crippen LogP) is 5.47. The van der Waals surface area contributed by atoms with Gasteiger partial charge in [0.1, 0.15) is 30.5 Å². The Balaban J connectivity index is 2.32. The monoisotopic (exact) mass is 513 g/mol. The molecule has 8 unspecified atom stereocenters. The number of carbonyl (C=O) groups excluding carboxylic acids is 1. The third-order valence-corrected chi connectivity index (χ3v) is 6.69. The lowest BCUT2D eigenvalue weighted by molar-refractivity contribution is -0.332. The number of azide groups is 1. The van der Waals surface area contributed by atoms with Crippen molar-refractivity contribution in [1.82, 2.24) is 0 Å². The van der Waals surface area contributed by atoms with E-state index in [1.807, 2.05) is 6.92 Å². The summed E-state index contributed by atoms with van der Waals surface area (Å²) in [4.78, 5) is 14.8. The highest BCUT2D eigenvalue weighted by molar-refractivity contribution is 5.66. The van der Waals surface area contributed by atoms with Crippen molar-refractivity contribution in [3.05, 3.63) is 10.4 Å². The second-order valence-corrected chi connectivity index (χ2v) is 9.73. The van der Waals surface area contributed by atoms with E-state index in [-0.39, 0.29) is 18.3 Å². The average Bonchev–Trinajstić information content (AvgIpc) is 2.84. The maximum absolute atomic E-state index is 11.8. The van der Waals surface area contributed by atoms with E-state index in [1.54, 1.807) is 0 Å². The van der Waals surface area contributed by atoms with Crippen molar-refractivity contribution in [2.24, 2.45) is 5.11 Å². The number of esters is 1. The van der Waals surface area contributed by atoms with Crippen LogP contribution in [0.5, 0.6) is 0 Å². The molecule has 8 atom stereocenters. The van der Waals surface area contributed by atoms with E-state index in [0.717, 1.165) is 44.9 Å². The van der Waals surface area contributed by atoms with Gasteiger partial charge in [0, 0.05) is 31.7 Å². The molecule has 10 nitrogen and oxygen atoms in total. The molecule has 0 N–H and O–H groups in total. The molecule has 0 aromatic rings. The van der Waals surface area contributed by atoms with Crippen LogP contribution in [-0.4, -0.2) is 74.7 Å². The summed E-state index contributed by atoms with van der Waals surface area (Å²) in [6.07, 6.45) is 4.38. The zero-order chi connectivity index (χ0) is 26.3. The summed E-state index contributed by atoms with van der Waals surface area (Å²) in [5.74, 6) is -0.394. The van der Waals surface area contributed by atoms with Crippen LogP contribution in [0.2, 0.25) is 0 Å². The highest BCUT2D eigenvalue weighted by Gasteiger charge is 2.49. The molecule has 0 aromatic heterocycles. The topological polar surface area (TPSA) is 121 Å². The molecule has 2 fully saturated rings. The maximum atomic E-state index is 11.8. The highest BCUT2D eigenvalue weighted by Crippen LogP contribution is 2.34. The summed E-state index contributed by atoms with van der Waals surface area (Å²) in [5.41, 5.74) is 9.15. The Labute approximate surface area is 216 Å². The quantitative estimate of drug-likeness (QED) is 0.0882. The van der Waals surface area contributed by atoms with E-state index in [4.69, 9.17) is 34.0 Å². The summed E-state index contributed by atoms with van der Waals surface area (Å²) in [6.45, 7) is 11.4. The molecule has 10 heteroatoms. The van der Waals surface area contributed by atoms with Crippen molar-refractivity contribution in [3.63, 3.8) is 0 Å². The number of unbranched alkanes of at least 4 members (excludes halogenated alkanes) is 3. The third-order valence-electron chi connectivity index (χ3n) is 6.69. The van der Waals surface area contributed by atoms with Crippen molar-refractivity contribution in [2.75, 3.05) is 19.8 Å². The molecule has 1 aliphatic heterocycles. The molecule has 2 aliphatic rings. The lowest BCUT2D eigenvalue weighted by atomic mass is 9.90. The molecule has 0 radical (unpaired) electrons. The zero-order valence-corrected chi connectivity index (χ0v) is 22.8. The van der Waals surface area contributed by atoms with E-state index in [1.165, 1.54) is 6.92 Å². The van der Waals surface area contributed by atoms with Crippen LogP contribution in [0.25, 0.3) is 10.4 Å². The summed E-state index contributed by atoms with van der Waals surface area (Å²) in [5, 5.41) is 3.96. The van der Waals surface area contributed by atoms with Gasteiger partial charge in [0.25, 0.3) is 0 Å². The minimum atomic E-state index is -0.785. The van der Waals surface area contributed by atoms with Crippen LogP contribution in [0.4, 0.5) is 0 Å². The van der Waals surface area contributed by atoms with E-state index in [0.29, 0.717) is 32.7 Å². The van der Waals surface area contributed by atoms with Gasteiger partial charge in [-0.15, -0.1) is 0 Å². The molecule has 1 aliphatic carbocycles. The van der Waals surface area contributed by atoms with Crippen LogP contribution in [0.3, 0.4) is 0 Å². The maximum Gasteiger partial charge on any atom is 0.302 e. The Hall–Kier alpha value is -1.42. The van der Waals surface area contributed by atoms with E-state index >= 15 is 0 Å². The normalized spacial score (nSPS) is 32.6. The van der Waals surface area contributed by atoms with Crippen LogP contribution in [0, 0.1) is 0 Å². The first kappa shape index (κ1) is 30.8. The van der Waals surface area contributed by atoms with Gasteiger partial charge in [0.2, 0.25) is 0 Å². The molecule has 2 rings (SSSR count). The lowest BCUT2D eigenvalue weighted by Gasteiger charge is -2.47. The van der Waals surface area contributed by atoms with Crippen LogP contribution in [0.1, 0.15) is 92.4 Å². The first-order valence-electron chi connectivity index (χ1n) is 13.8. The Morgan fingerprint density at radius 1 is 0.917 bits per heavy atom. The van der Waals surface area contributed by atoms with Gasteiger partial charge in [-0.05, 0) is 51.0 Å². The van der Waals surface area contributed by atoms with E-state index in [2.05, 4.69) is 30.8 Å². The van der Waals surface area contributed by atoms with Crippen LogP contribution >= 0.6 is 0 Å². The number of hydrogen-bond donors (Lipinski definition) is 0. The summed E-state index contributed by atoms with van der Waals surface area (Å²) >= 11 is 0. The Morgan fingerprint density at radius 2 is 1.50 bits per heavy atom. The van der Waals surface area contributed by atoms with E-state index < -0.39 is 36.6 Å². The molecule has 0 bridgehead atoms. The van der Waals surface area contributed by atoms with Gasteiger partial charge in [-0.2, -0.15) is 0 Å². The van der Waals surface area contributed by atoms with Gasteiger partial charge in [-0.25, -0.2) is 0 Å². The highest BCUT2D eigenvalue weighted by atomic mass is 16.7. The molecule has 1 heterocycles. The third kappa shape index (κ3) is 9.47. The Bertz CT molecular complexity index is 676. The first-order chi connectivity index (χ1) is 17.5. The second-order valence-electron chi connectivity index (χ2n) is 9.73. The molecule has 1 saturated carbocycles. The molecule has 1 saturated heterocycles.